The van der Waals surface area contributed by atoms with Gasteiger partial charge < -0.3 is 33.9 Å². The number of nitrogens with zero attached hydrogens (tertiary/aromatic N) is 1. The second kappa shape index (κ2) is 14.2. The molecule has 3 aromatic rings. The van der Waals surface area contributed by atoms with Crippen LogP contribution < -0.4 is 19.5 Å². The molecule has 2 aliphatic rings. The third-order valence-corrected chi connectivity index (χ3v) is 7.45. The zero-order valence-corrected chi connectivity index (χ0v) is 24.2. The van der Waals surface area contributed by atoms with Gasteiger partial charge >= 0.3 is 0 Å². The number of carbonyl (C=O) groups excluding carboxylic acids is 2. The van der Waals surface area contributed by atoms with Crippen molar-refractivity contribution < 1.29 is 33.3 Å². The fourth-order valence-corrected chi connectivity index (χ4v) is 5.27. The molecule has 2 heterocycles. The van der Waals surface area contributed by atoms with Crippen LogP contribution in [0.3, 0.4) is 0 Å². The summed E-state index contributed by atoms with van der Waals surface area (Å²) in [6.07, 6.45) is 1.14. The number of rotatable bonds is 7. The van der Waals surface area contributed by atoms with Crippen molar-refractivity contribution in [2.75, 3.05) is 40.0 Å². The van der Waals surface area contributed by atoms with E-state index in [1.165, 1.54) is 0 Å². The number of amides is 2. The highest BCUT2D eigenvalue weighted by Crippen LogP contribution is 2.33. The van der Waals surface area contributed by atoms with E-state index in [1.54, 1.807) is 24.1 Å². The van der Waals surface area contributed by atoms with Gasteiger partial charge in [0, 0.05) is 26.1 Å². The van der Waals surface area contributed by atoms with Gasteiger partial charge in [-0.1, -0.05) is 30.3 Å². The van der Waals surface area contributed by atoms with E-state index in [-0.39, 0.29) is 30.4 Å². The number of likely N-dealkylation sites (tertiary alicyclic amines) is 1. The van der Waals surface area contributed by atoms with Crippen molar-refractivity contribution in [3.63, 3.8) is 0 Å². The third-order valence-electron chi connectivity index (χ3n) is 7.45. The standard InChI is InChI=1S/C33H38N2O7/c1-3-39-17-18-40-28-10-5-4-9-26(28)33(37)35-16-15-29-27(21-35)34-32(36)14-12-23-11-13-30(38-2)31(20-23)42-25-8-6-7-24(19-25)22-41-29/h4-11,13,19-20,27,29H,3,12,14-18,21-22H2,1-2H3,(H,34,36)/t27-,29+/m1/s1. The number of ether oxygens (including phenoxy) is 5. The van der Waals surface area contributed by atoms with Crippen LogP contribution in [0.4, 0.5) is 0 Å². The summed E-state index contributed by atoms with van der Waals surface area (Å²) in [5.41, 5.74) is 2.39. The van der Waals surface area contributed by atoms with Crippen LogP contribution in [-0.4, -0.2) is 68.9 Å². The minimum atomic E-state index is -0.364. The second-order valence-electron chi connectivity index (χ2n) is 10.3. The van der Waals surface area contributed by atoms with E-state index in [4.69, 9.17) is 23.7 Å². The topological polar surface area (TPSA) is 95.6 Å². The number of aryl methyl sites for hydroxylation is 1. The zero-order chi connectivity index (χ0) is 29.3. The average molecular weight is 575 g/mol. The molecule has 0 saturated carbocycles. The van der Waals surface area contributed by atoms with Crippen LogP contribution in [0.5, 0.6) is 23.0 Å². The Morgan fingerprint density at radius 1 is 1.00 bits per heavy atom. The average Bonchev–Trinajstić information content (AvgIpc) is 3.01. The van der Waals surface area contributed by atoms with E-state index in [0.29, 0.717) is 80.9 Å². The molecule has 0 unspecified atom stereocenters. The molecule has 1 N–H and O–H groups in total. The van der Waals surface area contributed by atoms with Gasteiger partial charge in [0.15, 0.2) is 11.5 Å². The summed E-state index contributed by atoms with van der Waals surface area (Å²) in [4.78, 5) is 28.6. The van der Waals surface area contributed by atoms with Crippen LogP contribution in [0.2, 0.25) is 0 Å². The van der Waals surface area contributed by atoms with Crippen molar-refractivity contribution in [2.45, 2.75) is 44.9 Å². The summed E-state index contributed by atoms with van der Waals surface area (Å²) in [5.74, 6) is 2.17. The van der Waals surface area contributed by atoms with Gasteiger partial charge in [-0.05, 0) is 67.3 Å². The second-order valence-corrected chi connectivity index (χ2v) is 10.3. The Morgan fingerprint density at radius 2 is 1.88 bits per heavy atom. The van der Waals surface area contributed by atoms with E-state index >= 15 is 0 Å². The number of hydrogen-bond donors (Lipinski definition) is 1. The van der Waals surface area contributed by atoms with Gasteiger partial charge in [0.1, 0.15) is 18.1 Å². The summed E-state index contributed by atoms with van der Waals surface area (Å²) in [6, 6.07) is 20.3. The molecular formula is C33H38N2O7. The largest absolute Gasteiger partial charge is 0.493 e. The predicted octanol–water partition coefficient (Wildman–Crippen LogP) is 4.77. The number of carbonyl (C=O) groups is 2. The van der Waals surface area contributed by atoms with Gasteiger partial charge in [-0.2, -0.15) is 0 Å². The lowest BCUT2D eigenvalue weighted by Crippen LogP contribution is -2.57. The van der Waals surface area contributed by atoms with Gasteiger partial charge in [0.25, 0.3) is 5.91 Å². The fourth-order valence-electron chi connectivity index (χ4n) is 5.27. The van der Waals surface area contributed by atoms with Gasteiger partial charge in [-0.3, -0.25) is 9.59 Å². The summed E-state index contributed by atoms with van der Waals surface area (Å²) in [5, 5.41) is 3.16. The molecule has 1 fully saturated rings. The summed E-state index contributed by atoms with van der Waals surface area (Å²) < 4.78 is 29.3. The van der Waals surface area contributed by atoms with E-state index in [1.807, 2.05) is 61.5 Å². The molecule has 0 spiro atoms. The van der Waals surface area contributed by atoms with E-state index < -0.39 is 0 Å². The van der Waals surface area contributed by atoms with E-state index in [2.05, 4.69) is 5.32 Å². The monoisotopic (exact) mass is 574 g/mol. The molecule has 2 aliphatic heterocycles. The zero-order valence-electron chi connectivity index (χ0n) is 24.2. The van der Waals surface area contributed by atoms with Crippen molar-refractivity contribution in [1.82, 2.24) is 10.2 Å². The first-order valence-corrected chi connectivity index (χ1v) is 14.5. The Hall–Kier alpha value is -4.08. The lowest BCUT2D eigenvalue weighted by molar-refractivity contribution is -0.124. The fraction of sp³-hybridized carbons (Fsp3) is 0.394. The molecule has 0 aliphatic carbocycles. The molecule has 3 aromatic carbocycles. The van der Waals surface area contributed by atoms with Crippen molar-refractivity contribution >= 4 is 11.8 Å². The van der Waals surface area contributed by atoms with Gasteiger partial charge in [-0.25, -0.2) is 0 Å². The number of fused-ring (bicyclic) bond motifs is 5. The maximum Gasteiger partial charge on any atom is 0.257 e. The van der Waals surface area contributed by atoms with Crippen LogP contribution in [0.1, 0.15) is 41.3 Å². The quantitative estimate of drug-likeness (QED) is 0.407. The molecular weight excluding hydrogens is 536 g/mol. The van der Waals surface area contributed by atoms with Crippen LogP contribution in [0.25, 0.3) is 0 Å². The van der Waals surface area contributed by atoms with Gasteiger partial charge in [0.05, 0.1) is 38.0 Å². The molecule has 9 nitrogen and oxygen atoms in total. The van der Waals surface area contributed by atoms with Crippen molar-refractivity contribution in [3.8, 4) is 23.0 Å². The Kier molecular flexibility index (Phi) is 9.94. The predicted molar refractivity (Wildman–Crippen MR) is 157 cm³/mol. The molecule has 0 radical (unpaired) electrons. The molecule has 222 valence electrons. The highest BCUT2D eigenvalue weighted by molar-refractivity contribution is 5.97. The number of para-hydroxylation sites is 1. The lowest BCUT2D eigenvalue weighted by Gasteiger charge is -2.39. The molecule has 1 saturated heterocycles. The van der Waals surface area contributed by atoms with Crippen LogP contribution >= 0.6 is 0 Å². The minimum Gasteiger partial charge on any atom is -0.493 e. The first kappa shape index (κ1) is 29.4. The summed E-state index contributed by atoms with van der Waals surface area (Å²) in [6.45, 7) is 4.51. The minimum absolute atomic E-state index is 0.101. The third kappa shape index (κ3) is 7.40. The number of benzene rings is 3. The molecule has 0 aromatic heterocycles. The Morgan fingerprint density at radius 3 is 2.74 bits per heavy atom. The van der Waals surface area contributed by atoms with Gasteiger partial charge in [0.2, 0.25) is 5.91 Å². The van der Waals surface area contributed by atoms with Crippen molar-refractivity contribution in [3.05, 3.63) is 83.4 Å². The van der Waals surface area contributed by atoms with Crippen molar-refractivity contribution in [1.29, 1.82) is 0 Å². The maximum atomic E-state index is 13.7. The summed E-state index contributed by atoms with van der Waals surface area (Å²) >= 11 is 0. The Balaban J connectivity index is 1.34. The Bertz CT molecular complexity index is 1380. The van der Waals surface area contributed by atoms with Crippen LogP contribution in [0, 0.1) is 0 Å². The molecule has 5 rings (SSSR count). The van der Waals surface area contributed by atoms with E-state index in [9.17, 15) is 9.59 Å². The number of methoxy groups -OCH3 is 1. The highest BCUT2D eigenvalue weighted by atomic mass is 16.5. The molecule has 2 amide bonds. The number of hydrogen-bond acceptors (Lipinski definition) is 7. The summed E-state index contributed by atoms with van der Waals surface area (Å²) in [7, 11) is 1.60. The lowest BCUT2D eigenvalue weighted by atomic mass is 9.99. The maximum absolute atomic E-state index is 13.7. The number of piperidine rings is 1. The molecule has 42 heavy (non-hydrogen) atoms. The van der Waals surface area contributed by atoms with Crippen LogP contribution in [0.15, 0.2) is 66.7 Å². The molecule has 2 atom stereocenters. The number of nitrogens with one attached hydrogen (secondary N) is 1. The van der Waals surface area contributed by atoms with Gasteiger partial charge in [-0.15, -0.1) is 0 Å². The molecule has 4 bridgehead atoms. The smallest absolute Gasteiger partial charge is 0.257 e. The highest BCUT2D eigenvalue weighted by Gasteiger charge is 2.34. The molecule has 9 heteroatoms. The van der Waals surface area contributed by atoms with E-state index in [0.717, 1.165) is 11.1 Å². The van der Waals surface area contributed by atoms with Crippen LogP contribution in [-0.2, 0) is 27.3 Å². The van der Waals surface area contributed by atoms with Crippen molar-refractivity contribution in [2.24, 2.45) is 0 Å². The first-order chi connectivity index (χ1) is 20.5. The first-order valence-electron chi connectivity index (χ1n) is 14.5. The SMILES string of the molecule is CCOCCOc1ccccc1C(=O)N1CC[C@@H]2OCc3cccc(c3)Oc3cc(ccc3OC)CCC(=O)N[C@@H]2C1. The Labute approximate surface area is 246 Å². The normalized spacial score (nSPS) is 18.9.